The molecule has 1 amide bonds. The third-order valence-corrected chi connectivity index (χ3v) is 2.13. The molecule has 74 valence electrons. The average molecular weight is 183 g/mol. The summed E-state index contributed by atoms with van der Waals surface area (Å²) in [7, 11) is 1.64. The minimum atomic E-state index is -0.558. The van der Waals surface area contributed by atoms with E-state index in [0.717, 1.165) is 25.2 Å². The monoisotopic (exact) mass is 183 g/mol. The molecule has 0 unspecified atom stereocenters. The Labute approximate surface area is 78.8 Å². The fourth-order valence-electron chi connectivity index (χ4n) is 1.37. The van der Waals surface area contributed by atoms with E-state index in [1.54, 1.807) is 7.05 Å². The Hall–Kier alpha value is -1.06. The molecule has 0 aromatic rings. The van der Waals surface area contributed by atoms with Crippen LogP contribution >= 0.6 is 0 Å². The van der Waals surface area contributed by atoms with E-state index < -0.39 is 5.54 Å². The summed E-state index contributed by atoms with van der Waals surface area (Å²) in [5.41, 5.74) is -0.558. The minimum Gasteiger partial charge on any atom is -0.360 e. The van der Waals surface area contributed by atoms with Gasteiger partial charge in [-0.05, 0) is 20.3 Å². The summed E-state index contributed by atoms with van der Waals surface area (Å²) in [6.07, 6.45) is 2.05. The van der Waals surface area contributed by atoms with E-state index in [1.165, 1.54) is 0 Å². The highest BCUT2D eigenvalue weighted by molar-refractivity contribution is 5.93. The summed E-state index contributed by atoms with van der Waals surface area (Å²) in [5, 5.41) is 5.77. The first-order valence-corrected chi connectivity index (χ1v) is 4.60. The highest BCUT2D eigenvalue weighted by Crippen LogP contribution is 2.07. The molecule has 0 fully saturated rings. The van der Waals surface area contributed by atoms with Gasteiger partial charge in [-0.3, -0.25) is 9.79 Å². The van der Waals surface area contributed by atoms with E-state index in [4.69, 9.17) is 0 Å². The number of aliphatic imine (C=N–C) groups is 1. The number of nitrogens with one attached hydrogen (secondary N) is 2. The van der Waals surface area contributed by atoms with E-state index >= 15 is 0 Å². The van der Waals surface area contributed by atoms with Crippen molar-refractivity contribution in [2.45, 2.75) is 32.2 Å². The number of hydrogen-bond acceptors (Lipinski definition) is 3. The maximum atomic E-state index is 11.4. The van der Waals surface area contributed by atoms with Crippen LogP contribution in [0.3, 0.4) is 0 Å². The zero-order valence-corrected chi connectivity index (χ0v) is 8.48. The summed E-state index contributed by atoms with van der Waals surface area (Å²) in [6, 6.07) is 0. The second kappa shape index (κ2) is 3.77. The third kappa shape index (κ3) is 2.44. The zero-order valence-electron chi connectivity index (χ0n) is 8.48. The molecule has 0 saturated carbocycles. The maximum absolute atomic E-state index is 11.4. The molecule has 0 spiro atoms. The van der Waals surface area contributed by atoms with Gasteiger partial charge in [0.25, 0.3) is 0 Å². The van der Waals surface area contributed by atoms with Crippen LogP contribution in [-0.2, 0) is 4.79 Å². The quantitative estimate of drug-likeness (QED) is 0.646. The summed E-state index contributed by atoms with van der Waals surface area (Å²) in [4.78, 5) is 15.7. The van der Waals surface area contributed by atoms with E-state index in [0.29, 0.717) is 0 Å². The smallest absolute Gasteiger partial charge is 0.244 e. The highest BCUT2D eigenvalue weighted by Gasteiger charge is 2.27. The molecule has 4 heteroatoms. The predicted molar refractivity (Wildman–Crippen MR) is 52.8 cm³/mol. The third-order valence-electron chi connectivity index (χ3n) is 2.13. The Bertz CT molecular complexity index is 233. The fourth-order valence-corrected chi connectivity index (χ4v) is 1.37. The lowest BCUT2D eigenvalue weighted by molar-refractivity contribution is -0.125. The highest BCUT2D eigenvalue weighted by atomic mass is 16.2. The van der Waals surface area contributed by atoms with Crippen LogP contribution in [0.4, 0.5) is 0 Å². The van der Waals surface area contributed by atoms with Crippen LogP contribution in [0, 0.1) is 0 Å². The Kier molecular flexibility index (Phi) is 2.90. The van der Waals surface area contributed by atoms with Gasteiger partial charge in [-0.1, -0.05) is 0 Å². The first kappa shape index (κ1) is 10.0. The van der Waals surface area contributed by atoms with E-state index in [2.05, 4.69) is 15.6 Å². The van der Waals surface area contributed by atoms with Crippen molar-refractivity contribution < 1.29 is 4.79 Å². The van der Waals surface area contributed by atoms with Gasteiger partial charge in [-0.15, -0.1) is 0 Å². The number of carbonyl (C=O) groups excluding carboxylic acids is 1. The summed E-state index contributed by atoms with van der Waals surface area (Å²) in [5.74, 6) is 0.940. The Morgan fingerprint density at radius 1 is 1.54 bits per heavy atom. The van der Waals surface area contributed by atoms with E-state index in [9.17, 15) is 4.79 Å². The lowest BCUT2D eigenvalue weighted by atomic mass is 10.0. The fraction of sp³-hybridized carbons (Fsp3) is 0.778. The van der Waals surface area contributed by atoms with Crippen molar-refractivity contribution in [1.29, 1.82) is 0 Å². The molecule has 0 saturated heterocycles. The molecule has 0 bridgehead atoms. The van der Waals surface area contributed by atoms with Gasteiger partial charge >= 0.3 is 0 Å². The summed E-state index contributed by atoms with van der Waals surface area (Å²) < 4.78 is 0. The molecule has 1 aliphatic heterocycles. The first-order chi connectivity index (χ1) is 6.06. The van der Waals surface area contributed by atoms with Gasteiger partial charge in [-0.25, -0.2) is 0 Å². The molecule has 0 aromatic carbocycles. The first-order valence-electron chi connectivity index (χ1n) is 4.60. The van der Waals surface area contributed by atoms with Crippen molar-refractivity contribution >= 4 is 11.7 Å². The molecule has 1 rings (SSSR count). The molecule has 0 atom stereocenters. The van der Waals surface area contributed by atoms with Crippen molar-refractivity contribution in [3.8, 4) is 0 Å². The lowest BCUT2D eigenvalue weighted by Gasteiger charge is -2.25. The topological polar surface area (TPSA) is 53.5 Å². The van der Waals surface area contributed by atoms with Crippen LogP contribution in [0.25, 0.3) is 0 Å². The molecular weight excluding hydrogens is 166 g/mol. The van der Waals surface area contributed by atoms with Crippen molar-refractivity contribution in [2.75, 3.05) is 13.6 Å². The Morgan fingerprint density at radius 2 is 2.23 bits per heavy atom. The molecule has 13 heavy (non-hydrogen) atoms. The normalized spacial score (nSPS) is 16.7. The second-order valence-corrected chi connectivity index (χ2v) is 3.76. The minimum absolute atomic E-state index is 0.0119. The molecule has 0 aromatic heterocycles. The van der Waals surface area contributed by atoms with Crippen LogP contribution in [0.15, 0.2) is 4.99 Å². The van der Waals surface area contributed by atoms with Gasteiger partial charge in [0.2, 0.25) is 5.91 Å². The van der Waals surface area contributed by atoms with Gasteiger partial charge < -0.3 is 10.6 Å². The molecule has 2 N–H and O–H groups in total. The van der Waals surface area contributed by atoms with Gasteiger partial charge in [-0.2, -0.15) is 0 Å². The van der Waals surface area contributed by atoms with Crippen molar-refractivity contribution in [1.82, 2.24) is 10.6 Å². The average Bonchev–Trinajstić information content (AvgIpc) is 2.54. The van der Waals surface area contributed by atoms with Crippen LogP contribution in [0.2, 0.25) is 0 Å². The standard InChI is InChI=1S/C9H17N3O/c1-9(2,8(13)10-3)12-7-5-4-6-11-7/h4-6H2,1-3H3,(H,10,13)(H,11,12). The van der Waals surface area contributed by atoms with Gasteiger partial charge in [0.1, 0.15) is 5.54 Å². The molecule has 1 heterocycles. The van der Waals surface area contributed by atoms with E-state index in [1.807, 2.05) is 13.8 Å². The van der Waals surface area contributed by atoms with E-state index in [-0.39, 0.29) is 5.91 Å². The Morgan fingerprint density at radius 3 is 2.69 bits per heavy atom. The number of carbonyl (C=O) groups is 1. The molecular formula is C9H17N3O. The maximum Gasteiger partial charge on any atom is 0.244 e. The Balaban J connectivity index is 2.55. The van der Waals surface area contributed by atoms with Crippen molar-refractivity contribution in [3.05, 3.63) is 0 Å². The van der Waals surface area contributed by atoms with Crippen molar-refractivity contribution in [3.63, 3.8) is 0 Å². The largest absolute Gasteiger partial charge is 0.360 e. The zero-order chi connectivity index (χ0) is 9.90. The van der Waals surface area contributed by atoms with Crippen LogP contribution < -0.4 is 10.6 Å². The lowest BCUT2D eigenvalue weighted by Crippen LogP contribution is -2.53. The molecule has 4 nitrogen and oxygen atoms in total. The summed E-state index contributed by atoms with van der Waals surface area (Å²) in [6.45, 7) is 4.59. The number of hydrogen-bond donors (Lipinski definition) is 2. The summed E-state index contributed by atoms with van der Waals surface area (Å²) >= 11 is 0. The molecule has 0 aliphatic carbocycles. The van der Waals surface area contributed by atoms with Gasteiger partial charge in [0.15, 0.2) is 0 Å². The number of likely N-dealkylation sites (N-methyl/N-ethyl adjacent to an activating group) is 1. The molecule has 1 aliphatic rings. The van der Waals surface area contributed by atoms with Crippen molar-refractivity contribution in [2.24, 2.45) is 4.99 Å². The molecule has 0 radical (unpaired) electrons. The van der Waals surface area contributed by atoms with Crippen LogP contribution in [-0.4, -0.2) is 30.9 Å². The van der Waals surface area contributed by atoms with Gasteiger partial charge in [0, 0.05) is 20.0 Å². The SMILES string of the molecule is CNC(=O)C(C)(C)NC1=NCCC1. The van der Waals surface area contributed by atoms with Crippen LogP contribution in [0.1, 0.15) is 26.7 Å². The number of rotatable bonds is 2. The number of nitrogens with zero attached hydrogens (tertiary/aromatic N) is 1. The van der Waals surface area contributed by atoms with Crippen LogP contribution in [0.5, 0.6) is 0 Å². The number of amides is 1. The van der Waals surface area contributed by atoms with Gasteiger partial charge in [0.05, 0.1) is 5.84 Å². The predicted octanol–water partition coefficient (Wildman–Crippen LogP) is 0.293. The second-order valence-electron chi connectivity index (χ2n) is 3.76. The number of amidine groups is 1.